The Hall–Kier alpha value is -2.44. The highest BCUT2D eigenvalue weighted by Gasteiger charge is 2.31. The third kappa shape index (κ3) is 4.59. The Balaban J connectivity index is 1.68. The number of amides is 2. The van der Waals surface area contributed by atoms with Crippen LogP contribution in [0.3, 0.4) is 0 Å². The highest BCUT2D eigenvalue weighted by molar-refractivity contribution is 5.89. The van der Waals surface area contributed by atoms with E-state index in [4.69, 9.17) is 5.11 Å². The second kappa shape index (κ2) is 8.78. The van der Waals surface area contributed by atoms with Gasteiger partial charge in [-0.05, 0) is 28.8 Å². The molecule has 1 atom stereocenters. The topological polar surface area (TPSA) is 81.7 Å². The van der Waals surface area contributed by atoms with E-state index in [1.165, 1.54) is 10.8 Å². The van der Waals surface area contributed by atoms with Crippen LogP contribution in [0.2, 0.25) is 0 Å². The van der Waals surface area contributed by atoms with E-state index in [1.54, 1.807) is 0 Å². The van der Waals surface area contributed by atoms with Gasteiger partial charge in [0.15, 0.2) is 0 Å². The zero-order valence-electron chi connectivity index (χ0n) is 14.8. The SMILES string of the molecule is O=C(C[C@@H]1C(=O)NCCN1Cc1ccc2ccccc2c1)NCCCO. The Bertz CT molecular complexity index is 778. The smallest absolute Gasteiger partial charge is 0.237 e. The van der Waals surface area contributed by atoms with Crippen molar-refractivity contribution >= 4 is 22.6 Å². The minimum absolute atomic E-state index is 0.0400. The zero-order chi connectivity index (χ0) is 18.4. The molecule has 0 unspecified atom stereocenters. The lowest BCUT2D eigenvalue weighted by Gasteiger charge is -2.34. The molecule has 2 aromatic rings. The highest BCUT2D eigenvalue weighted by Crippen LogP contribution is 2.19. The van der Waals surface area contributed by atoms with E-state index in [0.717, 1.165) is 5.56 Å². The molecule has 2 amide bonds. The van der Waals surface area contributed by atoms with Crippen LogP contribution in [0.15, 0.2) is 42.5 Å². The maximum atomic E-state index is 12.3. The number of hydrogen-bond acceptors (Lipinski definition) is 4. The van der Waals surface area contributed by atoms with Crippen LogP contribution in [0, 0.1) is 0 Å². The molecule has 0 saturated carbocycles. The zero-order valence-corrected chi connectivity index (χ0v) is 14.8. The summed E-state index contributed by atoms with van der Waals surface area (Å²) < 4.78 is 0. The van der Waals surface area contributed by atoms with Crippen molar-refractivity contribution < 1.29 is 14.7 Å². The summed E-state index contributed by atoms with van der Waals surface area (Å²) in [6.07, 6.45) is 0.647. The first-order chi connectivity index (χ1) is 12.7. The van der Waals surface area contributed by atoms with Crippen molar-refractivity contribution in [2.45, 2.75) is 25.4 Å². The number of nitrogens with one attached hydrogen (secondary N) is 2. The maximum absolute atomic E-state index is 12.3. The van der Waals surface area contributed by atoms with Gasteiger partial charge in [-0.2, -0.15) is 0 Å². The third-order valence-electron chi connectivity index (χ3n) is 4.68. The van der Waals surface area contributed by atoms with Crippen molar-refractivity contribution in [3.63, 3.8) is 0 Å². The molecular formula is C20H25N3O3. The number of rotatable bonds is 7. The Morgan fingerprint density at radius 1 is 1.23 bits per heavy atom. The van der Waals surface area contributed by atoms with Gasteiger partial charge in [0, 0.05) is 32.8 Å². The van der Waals surface area contributed by atoms with Gasteiger partial charge < -0.3 is 15.7 Å². The molecule has 0 radical (unpaired) electrons. The fraction of sp³-hybridized carbons (Fsp3) is 0.400. The van der Waals surface area contributed by atoms with Crippen LogP contribution in [0.4, 0.5) is 0 Å². The Labute approximate surface area is 153 Å². The van der Waals surface area contributed by atoms with E-state index < -0.39 is 6.04 Å². The molecule has 3 rings (SSSR count). The molecule has 26 heavy (non-hydrogen) atoms. The number of benzene rings is 2. The van der Waals surface area contributed by atoms with Crippen molar-refractivity contribution in [3.8, 4) is 0 Å². The van der Waals surface area contributed by atoms with Gasteiger partial charge in [-0.3, -0.25) is 14.5 Å². The van der Waals surface area contributed by atoms with Crippen LogP contribution in [0.5, 0.6) is 0 Å². The lowest BCUT2D eigenvalue weighted by atomic mass is 10.0. The van der Waals surface area contributed by atoms with Gasteiger partial charge in [0.25, 0.3) is 0 Å². The van der Waals surface area contributed by atoms with Crippen molar-refractivity contribution in [2.24, 2.45) is 0 Å². The maximum Gasteiger partial charge on any atom is 0.237 e. The van der Waals surface area contributed by atoms with Crippen LogP contribution in [-0.4, -0.2) is 54.1 Å². The van der Waals surface area contributed by atoms with E-state index in [-0.39, 0.29) is 24.8 Å². The number of nitrogens with zero attached hydrogens (tertiary/aromatic N) is 1. The molecule has 0 spiro atoms. The van der Waals surface area contributed by atoms with Crippen LogP contribution in [0.25, 0.3) is 10.8 Å². The fourth-order valence-electron chi connectivity index (χ4n) is 3.30. The number of hydrogen-bond donors (Lipinski definition) is 3. The molecule has 0 aromatic heterocycles. The van der Waals surface area contributed by atoms with E-state index in [9.17, 15) is 9.59 Å². The standard InChI is InChI=1S/C20H25N3O3/c24-11-3-8-21-19(25)13-18-20(26)22-9-10-23(18)14-15-6-7-16-4-1-2-5-17(16)12-15/h1-2,4-7,12,18,24H,3,8-11,13-14H2,(H,21,25)(H,22,26)/t18-/m1/s1. The van der Waals surface area contributed by atoms with Crippen molar-refractivity contribution in [2.75, 3.05) is 26.2 Å². The summed E-state index contributed by atoms with van der Waals surface area (Å²) in [4.78, 5) is 26.5. The summed E-state index contributed by atoms with van der Waals surface area (Å²) in [6, 6.07) is 14.0. The molecule has 1 aliphatic rings. The van der Waals surface area contributed by atoms with Gasteiger partial charge in [-0.25, -0.2) is 0 Å². The molecule has 1 aliphatic heterocycles. The van der Waals surface area contributed by atoms with Crippen molar-refractivity contribution in [1.82, 2.24) is 15.5 Å². The summed E-state index contributed by atoms with van der Waals surface area (Å²) in [6.45, 7) is 2.40. The Morgan fingerprint density at radius 2 is 2.04 bits per heavy atom. The Kier molecular flexibility index (Phi) is 6.20. The van der Waals surface area contributed by atoms with Crippen LogP contribution >= 0.6 is 0 Å². The van der Waals surface area contributed by atoms with Crippen molar-refractivity contribution in [3.05, 3.63) is 48.0 Å². The minimum atomic E-state index is -0.468. The summed E-state index contributed by atoms with van der Waals surface area (Å²) in [5.41, 5.74) is 1.13. The molecule has 6 heteroatoms. The lowest BCUT2D eigenvalue weighted by molar-refractivity contribution is -0.134. The molecule has 0 bridgehead atoms. The van der Waals surface area contributed by atoms with Crippen LogP contribution < -0.4 is 10.6 Å². The second-order valence-corrected chi connectivity index (χ2v) is 6.59. The summed E-state index contributed by atoms with van der Waals surface area (Å²) in [7, 11) is 0. The molecular weight excluding hydrogens is 330 g/mol. The molecule has 0 aliphatic carbocycles. The predicted molar refractivity (Wildman–Crippen MR) is 100 cm³/mol. The number of aliphatic hydroxyl groups excluding tert-OH is 1. The van der Waals surface area contributed by atoms with Gasteiger partial charge in [0.05, 0.1) is 12.5 Å². The number of piperazine rings is 1. The number of aliphatic hydroxyl groups is 1. The summed E-state index contributed by atoms with van der Waals surface area (Å²) in [5.74, 6) is -0.265. The first-order valence-corrected chi connectivity index (χ1v) is 9.04. The average Bonchev–Trinajstić information content (AvgIpc) is 2.65. The van der Waals surface area contributed by atoms with Gasteiger partial charge >= 0.3 is 0 Å². The Morgan fingerprint density at radius 3 is 2.85 bits per heavy atom. The summed E-state index contributed by atoms with van der Waals surface area (Å²) >= 11 is 0. The van der Waals surface area contributed by atoms with Gasteiger partial charge in [0.2, 0.25) is 11.8 Å². The number of carbonyl (C=O) groups excluding carboxylic acids is 2. The first-order valence-electron chi connectivity index (χ1n) is 9.04. The molecule has 6 nitrogen and oxygen atoms in total. The highest BCUT2D eigenvalue weighted by atomic mass is 16.3. The first kappa shape index (κ1) is 18.4. The summed E-state index contributed by atoms with van der Waals surface area (Å²) in [5, 5.41) is 16.8. The van der Waals surface area contributed by atoms with Crippen LogP contribution in [-0.2, 0) is 16.1 Å². The third-order valence-corrected chi connectivity index (χ3v) is 4.68. The fourth-order valence-corrected chi connectivity index (χ4v) is 3.30. The molecule has 1 saturated heterocycles. The van der Waals surface area contributed by atoms with Crippen molar-refractivity contribution in [1.29, 1.82) is 0 Å². The van der Waals surface area contributed by atoms with E-state index in [1.807, 2.05) is 12.1 Å². The van der Waals surface area contributed by atoms with E-state index in [0.29, 0.717) is 32.6 Å². The second-order valence-electron chi connectivity index (χ2n) is 6.59. The monoisotopic (exact) mass is 355 g/mol. The van der Waals surface area contributed by atoms with Gasteiger partial charge in [0.1, 0.15) is 0 Å². The molecule has 1 fully saturated rings. The van der Waals surface area contributed by atoms with Gasteiger partial charge in [-0.15, -0.1) is 0 Å². The van der Waals surface area contributed by atoms with E-state index >= 15 is 0 Å². The minimum Gasteiger partial charge on any atom is -0.396 e. The van der Waals surface area contributed by atoms with E-state index in [2.05, 4.69) is 45.9 Å². The number of carbonyl (C=O) groups is 2. The quantitative estimate of drug-likeness (QED) is 0.648. The predicted octanol–water partition coefficient (Wildman–Crippen LogP) is 1.03. The van der Waals surface area contributed by atoms with Gasteiger partial charge in [-0.1, -0.05) is 36.4 Å². The molecule has 1 heterocycles. The molecule has 2 aromatic carbocycles. The number of fused-ring (bicyclic) bond motifs is 1. The largest absolute Gasteiger partial charge is 0.396 e. The molecule has 138 valence electrons. The van der Waals surface area contributed by atoms with Crippen LogP contribution in [0.1, 0.15) is 18.4 Å². The average molecular weight is 355 g/mol. The normalized spacial score (nSPS) is 17.9. The lowest BCUT2D eigenvalue weighted by Crippen LogP contribution is -2.56. The molecule has 3 N–H and O–H groups in total.